The monoisotopic (exact) mass is 307 g/mol. The third kappa shape index (κ3) is 6.56. The van der Waals surface area contributed by atoms with Gasteiger partial charge in [0.05, 0.1) is 6.42 Å². The van der Waals surface area contributed by atoms with E-state index in [1.807, 2.05) is 6.07 Å². The lowest BCUT2D eigenvalue weighted by atomic mass is 10.2. The summed E-state index contributed by atoms with van der Waals surface area (Å²) >= 11 is 0. The predicted molar refractivity (Wildman–Crippen MR) is 77.0 cm³/mol. The van der Waals surface area contributed by atoms with Crippen LogP contribution in [-0.4, -0.2) is 35.8 Å². The number of carboxylic acids is 1. The highest BCUT2D eigenvalue weighted by molar-refractivity contribution is 5.85. The summed E-state index contributed by atoms with van der Waals surface area (Å²) in [6.07, 6.45) is -0.168. The summed E-state index contributed by atoms with van der Waals surface area (Å²) in [5.41, 5.74) is 0.749. The highest BCUT2D eigenvalue weighted by atomic mass is 16.6. The lowest BCUT2D eigenvalue weighted by Gasteiger charge is -2.15. The van der Waals surface area contributed by atoms with Crippen molar-refractivity contribution in [1.29, 1.82) is 0 Å². The van der Waals surface area contributed by atoms with Gasteiger partial charge < -0.3 is 19.9 Å². The van der Waals surface area contributed by atoms with Crippen LogP contribution in [0.5, 0.6) is 0 Å². The summed E-state index contributed by atoms with van der Waals surface area (Å²) in [6, 6.07) is 7.57. The molecule has 0 saturated carbocycles. The number of nitrogens with one attached hydrogen (secondary N) is 1. The molecule has 22 heavy (non-hydrogen) atoms. The number of aliphatic carboxylic acids is 1. The van der Waals surface area contributed by atoms with Crippen molar-refractivity contribution < 1.29 is 29.0 Å². The van der Waals surface area contributed by atoms with E-state index < -0.39 is 30.5 Å². The summed E-state index contributed by atoms with van der Waals surface area (Å²) < 4.78 is 9.65. The quantitative estimate of drug-likeness (QED) is 0.557. The van der Waals surface area contributed by atoms with Crippen molar-refractivity contribution in [2.75, 3.05) is 6.61 Å². The third-order valence-electron chi connectivity index (χ3n) is 2.51. The second kappa shape index (κ2) is 9.17. The van der Waals surface area contributed by atoms with E-state index in [-0.39, 0.29) is 13.2 Å². The summed E-state index contributed by atoms with van der Waals surface area (Å²) in [7, 11) is 0. The highest BCUT2D eigenvalue weighted by Crippen LogP contribution is 2.04. The van der Waals surface area contributed by atoms with Gasteiger partial charge in [-0.2, -0.15) is 0 Å². The first-order valence-corrected chi connectivity index (χ1v) is 6.49. The van der Waals surface area contributed by atoms with E-state index in [1.165, 1.54) is 6.08 Å². The van der Waals surface area contributed by atoms with Gasteiger partial charge in [-0.05, 0) is 5.56 Å². The number of carboxylic acid groups (broad SMARTS) is 1. The summed E-state index contributed by atoms with van der Waals surface area (Å²) in [4.78, 5) is 34.0. The minimum atomic E-state index is -1.32. The van der Waals surface area contributed by atoms with Crippen molar-refractivity contribution >= 4 is 18.0 Å². The number of esters is 1. The summed E-state index contributed by atoms with van der Waals surface area (Å²) in [5, 5.41) is 10.9. The Labute approximate surface area is 127 Å². The number of carbonyl (C=O) groups is 3. The van der Waals surface area contributed by atoms with Crippen molar-refractivity contribution in [1.82, 2.24) is 5.32 Å². The average Bonchev–Trinajstić information content (AvgIpc) is 2.50. The molecule has 0 spiro atoms. The first-order valence-electron chi connectivity index (χ1n) is 6.49. The van der Waals surface area contributed by atoms with Gasteiger partial charge in [0, 0.05) is 0 Å². The Bertz CT molecular complexity index is 528. The van der Waals surface area contributed by atoms with E-state index in [2.05, 4.69) is 16.6 Å². The van der Waals surface area contributed by atoms with Gasteiger partial charge in [0.25, 0.3) is 0 Å². The van der Waals surface area contributed by atoms with Crippen LogP contribution in [0.4, 0.5) is 4.79 Å². The van der Waals surface area contributed by atoms with Crippen LogP contribution in [0.15, 0.2) is 43.0 Å². The molecule has 118 valence electrons. The normalized spacial score (nSPS) is 11.1. The Balaban J connectivity index is 2.57. The minimum Gasteiger partial charge on any atom is -0.481 e. The fourth-order valence-corrected chi connectivity index (χ4v) is 1.52. The second-order valence-electron chi connectivity index (χ2n) is 4.28. The molecule has 0 bridgehead atoms. The molecular weight excluding hydrogens is 290 g/mol. The van der Waals surface area contributed by atoms with Gasteiger partial charge in [-0.3, -0.25) is 4.79 Å². The number of carbonyl (C=O) groups excluding carboxylic acids is 2. The second-order valence-corrected chi connectivity index (χ2v) is 4.28. The molecule has 1 unspecified atom stereocenters. The van der Waals surface area contributed by atoms with Crippen LogP contribution in [0.25, 0.3) is 0 Å². The topological polar surface area (TPSA) is 102 Å². The molecule has 1 rings (SSSR count). The number of alkyl carbamates (subject to hydrolysis) is 1. The molecular formula is C15H17NO6. The number of rotatable bonds is 8. The maximum Gasteiger partial charge on any atom is 0.408 e. The minimum absolute atomic E-state index is 0.0147. The maximum absolute atomic E-state index is 11.9. The van der Waals surface area contributed by atoms with E-state index in [4.69, 9.17) is 9.84 Å². The molecule has 0 fully saturated rings. The van der Waals surface area contributed by atoms with E-state index in [1.54, 1.807) is 24.3 Å². The molecule has 0 aliphatic carbocycles. The van der Waals surface area contributed by atoms with Crippen LogP contribution >= 0.6 is 0 Å². The van der Waals surface area contributed by atoms with Crippen molar-refractivity contribution in [2.45, 2.75) is 19.1 Å². The van der Waals surface area contributed by atoms with Crippen molar-refractivity contribution in [3.8, 4) is 0 Å². The Morgan fingerprint density at radius 3 is 2.50 bits per heavy atom. The van der Waals surface area contributed by atoms with E-state index in [0.29, 0.717) is 0 Å². The molecule has 1 amide bonds. The van der Waals surface area contributed by atoms with Gasteiger partial charge in [-0.25, -0.2) is 9.59 Å². The largest absolute Gasteiger partial charge is 0.481 e. The molecule has 0 saturated heterocycles. The van der Waals surface area contributed by atoms with Crippen LogP contribution in [0.3, 0.4) is 0 Å². The molecule has 0 aliphatic rings. The average molecular weight is 307 g/mol. The Morgan fingerprint density at radius 2 is 1.91 bits per heavy atom. The number of ether oxygens (including phenoxy) is 2. The lowest BCUT2D eigenvalue weighted by Crippen LogP contribution is -2.43. The molecule has 1 aromatic carbocycles. The number of amides is 1. The smallest absolute Gasteiger partial charge is 0.408 e. The van der Waals surface area contributed by atoms with Crippen LogP contribution < -0.4 is 5.32 Å². The molecule has 1 atom stereocenters. The third-order valence-corrected chi connectivity index (χ3v) is 2.51. The molecule has 0 aliphatic heterocycles. The molecule has 7 nitrogen and oxygen atoms in total. The summed E-state index contributed by atoms with van der Waals surface area (Å²) in [6.45, 7) is 3.30. The van der Waals surface area contributed by atoms with Gasteiger partial charge >= 0.3 is 18.0 Å². The first kappa shape index (κ1) is 17.2. The summed E-state index contributed by atoms with van der Waals surface area (Å²) in [5.74, 6) is -2.09. The molecule has 0 heterocycles. The van der Waals surface area contributed by atoms with Crippen LogP contribution in [0.1, 0.15) is 12.0 Å². The Hall–Kier alpha value is -2.83. The van der Waals surface area contributed by atoms with E-state index in [9.17, 15) is 14.4 Å². The standard InChI is InChI=1S/C15H17NO6/c1-2-8-21-15(20)16-12(9-13(17)18)14(19)22-10-11-6-4-3-5-7-11/h2-7,12H,1,8-10H2,(H,16,20)(H,17,18). The van der Waals surface area contributed by atoms with Crippen molar-refractivity contribution in [2.24, 2.45) is 0 Å². The Morgan fingerprint density at radius 1 is 1.23 bits per heavy atom. The predicted octanol–water partition coefficient (Wildman–Crippen LogP) is 1.49. The first-order chi connectivity index (χ1) is 10.5. The van der Waals surface area contributed by atoms with Gasteiger partial charge in [-0.15, -0.1) is 0 Å². The zero-order valence-electron chi connectivity index (χ0n) is 11.9. The lowest BCUT2D eigenvalue weighted by molar-refractivity contribution is -0.151. The molecule has 7 heteroatoms. The molecule has 0 aromatic heterocycles. The van der Waals surface area contributed by atoms with Gasteiger partial charge in [0.1, 0.15) is 19.3 Å². The SMILES string of the molecule is C=CCOC(=O)NC(CC(=O)O)C(=O)OCc1ccccc1. The maximum atomic E-state index is 11.9. The zero-order chi connectivity index (χ0) is 16.4. The van der Waals surface area contributed by atoms with Crippen molar-refractivity contribution in [3.63, 3.8) is 0 Å². The molecule has 1 aromatic rings. The van der Waals surface area contributed by atoms with Gasteiger partial charge in [-0.1, -0.05) is 43.0 Å². The van der Waals surface area contributed by atoms with Crippen LogP contribution in [0.2, 0.25) is 0 Å². The zero-order valence-corrected chi connectivity index (χ0v) is 11.9. The highest BCUT2D eigenvalue weighted by Gasteiger charge is 2.25. The van der Waals surface area contributed by atoms with Crippen LogP contribution in [-0.2, 0) is 25.7 Å². The number of hydrogen-bond donors (Lipinski definition) is 2. The fraction of sp³-hybridized carbons (Fsp3) is 0.267. The van der Waals surface area contributed by atoms with Gasteiger partial charge in [0.2, 0.25) is 0 Å². The van der Waals surface area contributed by atoms with Crippen LogP contribution in [0, 0.1) is 0 Å². The molecule has 0 radical (unpaired) electrons. The Kier molecular flexibility index (Phi) is 7.18. The number of hydrogen-bond acceptors (Lipinski definition) is 5. The van der Waals surface area contributed by atoms with E-state index >= 15 is 0 Å². The van der Waals surface area contributed by atoms with E-state index in [0.717, 1.165) is 5.56 Å². The molecule has 2 N–H and O–H groups in total. The van der Waals surface area contributed by atoms with Crippen molar-refractivity contribution in [3.05, 3.63) is 48.6 Å². The van der Waals surface area contributed by atoms with Gasteiger partial charge in [0.15, 0.2) is 0 Å². The fourth-order valence-electron chi connectivity index (χ4n) is 1.52. The number of benzene rings is 1.